The largest absolute Gasteiger partial charge is 0.467 e. The van der Waals surface area contributed by atoms with Gasteiger partial charge in [-0.2, -0.15) is 5.10 Å². The molecule has 0 saturated carbocycles. The number of benzene rings is 2. The Morgan fingerprint density at radius 3 is 2.45 bits per heavy atom. The van der Waals surface area contributed by atoms with Crippen molar-refractivity contribution < 1.29 is 9.21 Å². The maximum atomic E-state index is 13.1. The normalized spacial score (nSPS) is 15.2. The summed E-state index contributed by atoms with van der Waals surface area (Å²) in [7, 11) is 0. The van der Waals surface area contributed by atoms with Crippen LogP contribution in [0.25, 0.3) is 23.0 Å². The van der Waals surface area contributed by atoms with Crippen LogP contribution >= 0.6 is 24.0 Å². The lowest BCUT2D eigenvalue weighted by molar-refractivity contribution is -0.122. The molecule has 2 aromatic heterocycles. The van der Waals surface area contributed by atoms with Gasteiger partial charge in [0.2, 0.25) is 0 Å². The summed E-state index contributed by atoms with van der Waals surface area (Å²) in [5, 5.41) is 4.81. The van der Waals surface area contributed by atoms with Crippen LogP contribution in [-0.2, 0) is 11.3 Å². The molecule has 2 aromatic carbocycles. The van der Waals surface area contributed by atoms with Crippen LogP contribution in [0, 0.1) is 0 Å². The molecule has 31 heavy (non-hydrogen) atoms. The van der Waals surface area contributed by atoms with Crippen molar-refractivity contribution in [3.63, 3.8) is 0 Å². The number of hydrogen-bond acceptors (Lipinski definition) is 5. The molecular formula is C24H17N3O2S2. The van der Waals surface area contributed by atoms with Gasteiger partial charge in [-0.15, -0.1) is 0 Å². The quantitative estimate of drug-likeness (QED) is 0.300. The standard InChI is InChI=1S/C24H17N3O2S2/c28-23-21(31-24(30)26(23)16-20-12-7-13-29-20)14-18-15-27(19-10-5-2-6-11-19)25-22(18)17-8-3-1-4-9-17/h1-15H,16H2/b21-14-. The van der Waals surface area contributed by atoms with Crippen molar-refractivity contribution in [3.8, 4) is 16.9 Å². The van der Waals surface area contributed by atoms with Gasteiger partial charge in [-0.3, -0.25) is 9.69 Å². The Morgan fingerprint density at radius 2 is 1.74 bits per heavy atom. The van der Waals surface area contributed by atoms with E-state index in [0.29, 0.717) is 21.5 Å². The molecule has 0 radical (unpaired) electrons. The van der Waals surface area contributed by atoms with E-state index in [-0.39, 0.29) is 5.91 Å². The van der Waals surface area contributed by atoms with Gasteiger partial charge >= 0.3 is 0 Å². The summed E-state index contributed by atoms with van der Waals surface area (Å²) in [5.74, 6) is 0.567. The Kier molecular flexibility index (Phi) is 5.28. The fourth-order valence-corrected chi connectivity index (χ4v) is 4.61. The molecule has 1 aliphatic heterocycles. The number of carbonyl (C=O) groups excluding carboxylic acids is 1. The fraction of sp³-hybridized carbons (Fsp3) is 0.0417. The van der Waals surface area contributed by atoms with Crippen LogP contribution in [-0.4, -0.2) is 24.9 Å². The molecule has 1 fully saturated rings. The summed E-state index contributed by atoms with van der Waals surface area (Å²) in [6.07, 6.45) is 5.40. The molecule has 3 heterocycles. The first-order valence-corrected chi connectivity index (χ1v) is 10.9. The van der Waals surface area contributed by atoms with Gasteiger partial charge in [0.05, 0.1) is 29.1 Å². The number of carbonyl (C=O) groups is 1. The molecule has 0 unspecified atom stereocenters. The minimum Gasteiger partial charge on any atom is -0.467 e. The number of thiocarbonyl (C=S) groups is 1. The summed E-state index contributed by atoms with van der Waals surface area (Å²) in [5.41, 5.74) is 3.59. The first-order chi connectivity index (χ1) is 15.2. The number of hydrogen-bond donors (Lipinski definition) is 0. The molecule has 5 rings (SSSR count). The first kappa shape index (κ1) is 19.5. The third kappa shape index (κ3) is 3.97. The monoisotopic (exact) mass is 443 g/mol. The molecule has 5 nitrogen and oxygen atoms in total. The van der Waals surface area contributed by atoms with Crippen molar-refractivity contribution >= 4 is 40.3 Å². The lowest BCUT2D eigenvalue weighted by Crippen LogP contribution is -2.27. The molecule has 1 amide bonds. The van der Waals surface area contributed by atoms with Crippen LogP contribution in [0.4, 0.5) is 0 Å². The molecule has 1 saturated heterocycles. The Morgan fingerprint density at radius 1 is 1.00 bits per heavy atom. The van der Waals surface area contributed by atoms with Crippen molar-refractivity contribution in [1.29, 1.82) is 0 Å². The number of thioether (sulfide) groups is 1. The molecular weight excluding hydrogens is 426 g/mol. The number of furan rings is 1. The SMILES string of the molecule is O=C1/C(=C/c2cn(-c3ccccc3)nc2-c2ccccc2)SC(=S)N1Cc1ccco1. The fourth-order valence-electron chi connectivity index (χ4n) is 3.36. The third-order valence-electron chi connectivity index (χ3n) is 4.86. The van der Waals surface area contributed by atoms with Gasteiger partial charge in [0.15, 0.2) is 0 Å². The van der Waals surface area contributed by atoms with E-state index < -0.39 is 0 Å². The first-order valence-electron chi connectivity index (χ1n) is 9.67. The lowest BCUT2D eigenvalue weighted by atomic mass is 10.1. The zero-order valence-corrected chi connectivity index (χ0v) is 18.0. The predicted octanol–water partition coefficient (Wildman–Crippen LogP) is 5.53. The number of para-hydroxylation sites is 1. The van der Waals surface area contributed by atoms with Gasteiger partial charge in [0, 0.05) is 17.3 Å². The third-order valence-corrected chi connectivity index (χ3v) is 6.24. The van der Waals surface area contributed by atoms with E-state index in [1.165, 1.54) is 11.8 Å². The summed E-state index contributed by atoms with van der Waals surface area (Å²) < 4.78 is 7.73. The van der Waals surface area contributed by atoms with E-state index in [1.807, 2.05) is 83.7 Å². The van der Waals surface area contributed by atoms with Crippen LogP contribution in [0.2, 0.25) is 0 Å². The number of rotatable bonds is 5. The van der Waals surface area contributed by atoms with Gasteiger partial charge in [0.1, 0.15) is 10.1 Å². The number of aromatic nitrogens is 2. The second-order valence-corrected chi connectivity index (χ2v) is 8.60. The van der Waals surface area contributed by atoms with Crippen molar-refractivity contribution in [1.82, 2.24) is 14.7 Å². The molecule has 0 aliphatic carbocycles. The Bertz CT molecular complexity index is 1260. The van der Waals surface area contributed by atoms with Crippen LogP contribution in [0.15, 0.2) is 94.6 Å². The highest BCUT2D eigenvalue weighted by atomic mass is 32.2. The maximum absolute atomic E-state index is 13.1. The molecule has 7 heteroatoms. The van der Waals surface area contributed by atoms with Gasteiger partial charge < -0.3 is 4.42 Å². The average molecular weight is 444 g/mol. The predicted molar refractivity (Wildman–Crippen MR) is 126 cm³/mol. The maximum Gasteiger partial charge on any atom is 0.266 e. The second kappa shape index (κ2) is 8.37. The van der Waals surface area contributed by atoms with Gasteiger partial charge in [-0.25, -0.2) is 4.68 Å². The molecule has 0 bridgehead atoms. The molecule has 4 aromatic rings. The van der Waals surface area contributed by atoms with Crippen molar-refractivity contribution in [2.24, 2.45) is 0 Å². The van der Waals surface area contributed by atoms with E-state index in [2.05, 4.69) is 0 Å². The summed E-state index contributed by atoms with van der Waals surface area (Å²) in [4.78, 5) is 15.2. The lowest BCUT2D eigenvalue weighted by Gasteiger charge is -2.11. The highest BCUT2D eigenvalue weighted by molar-refractivity contribution is 8.26. The second-order valence-electron chi connectivity index (χ2n) is 6.93. The Hall–Kier alpha value is -3.42. The van der Waals surface area contributed by atoms with Crippen LogP contribution in [0.1, 0.15) is 11.3 Å². The number of nitrogens with zero attached hydrogens (tertiary/aromatic N) is 3. The van der Waals surface area contributed by atoms with Crippen LogP contribution < -0.4 is 0 Å². The van der Waals surface area contributed by atoms with E-state index in [1.54, 1.807) is 17.2 Å². The highest BCUT2D eigenvalue weighted by Gasteiger charge is 2.33. The summed E-state index contributed by atoms with van der Waals surface area (Å²) >= 11 is 6.75. The van der Waals surface area contributed by atoms with Gasteiger partial charge in [-0.05, 0) is 30.3 Å². The number of amides is 1. The van der Waals surface area contributed by atoms with Crippen LogP contribution in [0.5, 0.6) is 0 Å². The van der Waals surface area contributed by atoms with Gasteiger partial charge in [-0.1, -0.05) is 72.5 Å². The van der Waals surface area contributed by atoms with Crippen molar-refractivity contribution in [2.45, 2.75) is 6.54 Å². The molecule has 0 N–H and O–H groups in total. The Labute approximate surface area is 189 Å². The summed E-state index contributed by atoms with van der Waals surface area (Å²) in [6, 6.07) is 23.5. The zero-order chi connectivity index (χ0) is 21.2. The van der Waals surface area contributed by atoms with Gasteiger partial charge in [0.25, 0.3) is 5.91 Å². The van der Waals surface area contributed by atoms with E-state index in [9.17, 15) is 4.79 Å². The highest BCUT2D eigenvalue weighted by Crippen LogP contribution is 2.35. The summed E-state index contributed by atoms with van der Waals surface area (Å²) in [6.45, 7) is 0.323. The molecule has 0 spiro atoms. The molecule has 0 atom stereocenters. The van der Waals surface area contributed by atoms with Crippen molar-refractivity contribution in [3.05, 3.63) is 101 Å². The zero-order valence-electron chi connectivity index (χ0n) is 16.3. The Balaban J connectivity index is 1.53. The average Bonchev–Trinajstić information content (AvgIpc) is 3.53. The van der Waals surface area contributed by atoms with E-state index in [4.69, 9.17) is 21.7 Å². The minimum atomic E-state index is -0.127. The van der Waals surface area contributed by atoms with Crippen molar-refractivity contribution in [2.75, 3.05) is 0 Å². The van der Waals surface area contributed by atoms with Crippen LogP contribution in [0.3, 0.4) is 0 Å². The molecule has 1 aliphatic rings. The smallest absolute Gasteiger partial charge is 0.266 e. The minimum absolute atomic E-state index is 0.127. The van der Waals surface area contributed by atoms with E-state index in [0.717, 1.165) is 22.5 Å². The molecule has 152 valence electrons. The van der Waals surface area contributed by atoms with E-state index >= 15 is 0 Å². The topological polar surface area (TPSA) is 51.3 Å².